The Bertz CT molecular complexity index is 588. The van der Waals surface area contributed by atoms with Crippen LogP contribution >= 0.6 is 0 Å². The van der Waals surface area contributed by atoms with Gasteiger partial charge in [-0.1, -0.05) is 24.1 Å². The molecule has 2 rings (SSSR count). The first kappa shape index (κ1) is 12.6. The molecular formula is C14H11N3O2. The van der Waals surface area contributed by atoms with Gasteiger partial charge >= 0.3 is 0 Å². The van der Waals surface area contributed by atoms with E-state index in [1.807, 2.05) is 18.2 Å². The van der Waals surface area contributed by atoms with E-state index in [1.165, 1.54) is 12.4 Å². The van der Waals surface area contributed by atoms with Crippen molar-refractivity contribution in [2.45, 2.75) is 0 Å². The van der Waals surface area contributed by atoms with Gasteiger partial charge in [-0.15, -0.1) is 6.42 Å². The lowest BCUT2D eigenvalue weighted by Crippen LogP contribution is -2.14. The standard InChI is InChI=1S/C14H11N3O2/c1-2-8-19-13-10-15-12(9-16-13)14(18)17-11-6-4-3-5-7-11/h1,3-7,9-10H,8H2,(H,17,18). The Labute approximate surface area is 110 Å². The van der Waals surface area contributed by atoms with E-state index >= 15 is 0 Å². The molecule has 5 nitrogen and oxygen atoms in total. The lowest BCUT2D eigenvalue weighted by molar-refractivity contribution is 0.102. The van der Waals surface area contributed by atoms with E-state index in [-0.39, 0.29) is 24.1 Å². The highest BCUT2D eigenvalue weighted by Crippen LogP contribution is 2.08. The number of nitrogens with zero attached hydrogens (tertiary/aromatic N) is 2. The molecule has 0 bridgehead atoms. The van der Waals surface area contributed by atoms with Crippen molar-refractivity contribution in [2.75, 3.05) is 11.9 Å². The third kappa shape index (κ3) is 3.54. The van der Waals surface area contributed by atoms with Crippen LogP contribution in [-0.4, -0.2) is 22.5 Å². The second kappa shape index (κ2) is 6.17. The van der Waals surface area contributed by atoms with Gasteiger partial charge in [-0.2, -0.15) is 0 Å². The molecule has 0 aliphatic rings. The van der Waals surface area contributed by atoms with Gasteiger partial charge in [0.2, 0.25) is 5.88 Å². The molecule has 0 saturated heterocycles. The van der Waals surface area contributed by atoms with Crippen molar-refractivity contribution < 1.29 is 9.53 Å². The maximum Gasteiger partial charge on any atom is 0.275 e. The molecule has 94 valence electrons. The van der Waals surface area contributed by atoms with Gasteiger partial charge < -0.3 is 10.1 Å². The molecule has 1 N–H and O–H groups in total. The van der Waals surface area contributed by atoms with E-state index in [2.05, 4.69) is 21.2 Å². The molecule has 1 aromatic heterocycles. The fraction of sp³-hybridized carbons (Fsp3) is 0.0714. The average Bonchev–Trinajstić information content (AvgIpc) is 2.46. The summed E-state index contributed by atoms with van der Waals surface area (Å²) in [6, 6.07) is 9.11. The van der Waals surface area contributed by atoms with Crippen LogP contribution in [0.4, 0.5) is 5.69 Å². The van der Waals surface area contributed by atoms with Crippen LogP contribution in [0.1, 0.15) is 10.5 Å². The zero-order chi connectivity index (χ0) is 13.5. The molecule has 0 atom stereocenters. The zero-order valence-electron chi connectivity index (χ0n) is 10.0. The summed E-state index contributed by atoms with van der Waals surface area (Å²) in [5.41, 5.74) is 0.902. The maximum absolute atomic E-state index is 11.9. The largest absolute Gasteiger partial charge is 0.463 e. The number of amides is 1. The summed E-state index contributed by atoms with van der Waals surface area (Å²) in [5, 5.41) is 2.71. The summed E-state index contributed by atoms with van der Waals surface area (Å²) >= 11 is 0. The van der Waals surface area contributed by atoms with Crippen molar-refractivity contribution in [3.8, 4) is 18.2 Å². The number of nitrogens with one attached hydrogen (secondary N) is 1. The zero-order valence-corrected chi connectivity index (χ0v) is 10.0. The van der Waals surface area contributed by atoms with Gasteiger partial charge in [-0.3, -0.25) is 4.79 Å². The van der Waals surface area contributed by atoms with E-state index in [1.54, 1.807) is 12.1 Å². The number of aromatic nitrogens is 2. The van der Waals surface area contributed by atoms with Gasteiger partial charge in [0.1, 0.15) is 5.69 Å². The SMILES string of the molecule is C#CCOc1cnc(C(=O)Nc2ccccc2)cn1. The molecular weight excluding hydrogens is 242 g/mol. The van der Waals surface area contributed by atoms with E-state index in [0.29, 0.717) is 5.69 Å². The lowest BCUT2D eigenvalue weighted by atomic mass is 10.3. The number of para-hydroxylation sites is 1. The van der Waals surface area contributed by atoms with Gasteiger partial charge in [0.05, 0.1) is 12.4 Å². The molecule has 0 unspecified atom stereocenters. The van der Waals surface area contributed by atoms with Gasteiger partial charge in [0.15, 0.2) is 6.61 Å². The first-order valence-electron chi connectivity index (χ1n) is 5.54. The Morgan fingerprint density at radius 3 is 2.68 bits per heavy atom. The summed E-state index contributed by atoms with van der Waals surface area (Å²) in [6.07, 6.45) is 7.75. The maximum atomic E-state index is 11.9. The number of carbonyl (C=O) groups is 1. The highest BCUT2D eigenvalue weighted by atomic mass is 16.5. The number of terminal acetylenes is 1. The third-order valence-corrected chi connectivity index (χ3v) is 2.20. The Morgan fingerprint density at radius 1 is 1.26 bits per heavy atom. The van der Waals surface area contributed by atoms with Crippen molar-refractivity contribution in [3.63, 3.8) is 0 Å². The summed E-state index contributed by atoms with van der Waals surface area (Å²) in [5.74, 6) is 2.27. The van der Waals surface area contributed by atoms with Gasteiger partial charge in [0.25, 0.3) is 5.91 Å². The molecule has 1 aromatic carbocycles. The molecule has 19 heavy (non-hydrogen) atoms. The number of ether oxygens (including phenoxy) is 1. The Morgan fingerprint density at radius 2 is 2.05 bits per heavy atom. The predicted molar refractivity (Wildman–Crippen MR) is 70.8 cm³/mol. The van der Waals surface area contributed by atoms with Crippen LogP contribution in [0.25, 0.3) is 0 Å². The van der Waals surface area contributed by atoms with Crippen molar-refractivity contribution in [3.05, 3.63) is 48.4 Å². The molecule has 1 heterocycles. The van der Waals surface area contributed by atoms with Crippen molar-refractivity contribution in [2.24, 2.45) is 0 Å². The van der Waals surface area contributed by atoms with Crippen molar-refractivity contribution >= 4 is 11.6 Å². The number of anilines is 1. The molecule has 0 radical (unpaired) electrons. The smallest absolute Gasteiger partial charge is 0.275 e. The highest BCUT2D eigenvalue weighted by Gasteiger charge is 2.08. The van der Waals surface area contributed by atoms with Gasteiger partial charge in [0, 0.05) is 5.69 Å². The lowest BCUT2D eigenvalue weighted by Gasteiger charge is -2.04. The molecule has 0 aliphatic heterocycles. The Balaban J connectivity index is 2.02. The fourth-order valence-corrected chi connectivity index (χ4v) is 1.34. The first-order valence-corrected chi connectivity index (χ1v) is 5.54. The van der Waals surface area contributed by atoms with Crippen molar-refractivity contribution in [1.82, 2.24) is 9.97 Å². The average molecular weight is 253 g/mol. The summed E-state index contributed by atoms with van der Waals surface area (Å²) in [7, 11) is 0. The minimum Gasteiger partial charge on any atom is -0.463 e. The molecule has 1 amide bonds. The van der Waals surface area contributed by atoms with Crippen LogP contribution in [0.5, 0.6) is 5.88 Å². The normalized spacial score (nSPS) is 9.42. The molecule has 0 aliphatic carbocycles. The van der Waals surface area contributed by atoms with Crippen LogP contribution in [0.15, 0.2) is 42.7 Å². The van der Waals surface area contributed by atoms with Crippen LogP contribution < -0.4 is 10.1 Å². The Kier molecular flexibility index (Phi) is 4.09. The molecule has 0 fully saturated rings. The Hall–Kier alpha value is -2.87. The van der Waals surface area contributed by atoms with Crippen molar-refractivity contribution in [1.29, 1.82) is 0 Å². The van der Waals surface area contributed by atoms with E-state index in [4.69, 9.17) is 11.2 Å². The summed E-state index contributed by atoms with van der Waals surface area (Å²) < 4.78 is 5.07. The van der Waals surface area contributed by atoms with Crippen LogP contribution in [0, 0.1) is 12.3 Å². The summed E-state index contributed by atoms with van der Waals surface area (Å²) in [4.78, 5) is 19.7. The second-order valence-corrected chi connectivity index (χ2v) is 3.55. The molecule has 5 heteroatoms. The fourth-order valence-electron chi connectivity index (χ4n) is 1.34. The topological polar surface area (TPSA) is 64.1 Å². The van der Waals surface area contributed by atoms with E-state index < -0.39 is 0 Å². The van der Waals surface area contributed by atoms with E-state index in [0.717, 1.165) is 0 Å². The van der Waals surface area contributed by atoms with Crippen LogP contribution in [0.3, 0.4) is 0 Å². The highest BCUT2D eigenvalue weighted by molar-refractivity contribution is 6.02. The first-order chi connectivity index (χ1) is 9.29. The summed E-state index contributed by atoms with van der Waals surface area (Å²) in [6.45, 7) is 0.115. The molecule has 0 saturated carbocycles. The van der Waals surface area contributed by atoms with Gasteiger partial charge in [-0.25, -0.2) is 9.97 Å². The number of carbonyl (C=O) groups excluding carboxylic acids is 1. The predicted octanol–water partition coefficient (Wildman–Crippen LogP) is 1.74. The molecule has 2 aromatic rings. The van der Waals surface area contributed by atoms with Crippen LogP contribution in [-0.2, 0) is 0 Å². The minimum atomic E-state index is -0.331. The van der Waals surface area contributed by atoms with E-state index in [9.17, 15) is 4.79 Å². The number of hydrogen-bond donors (Lipinski definition) is 1. The quantitative estimate of drug-likeness (QED) is 0.843. The second-order valence-electron chi connectivity index (χ2n) is 3.55. The third-order valence-electron chi connectivity index (χ3n) is 2.20. The number of rotatable bonds is 4. The molecule has 0 spiro atoms. The van der Waals surface area contributed by atoms with Gasteiger partial charge in [-0.05, 0) is 12.1 Å². The minimum absolute atomic E-state index is 0.115. The number of hydrogen-bond acceptors (Lipinski definition) is 4. The van der Waals surface area contributed by atoms with Crippen LogP contribution in [0.2, 0.25) is 0 Å². The number of benzene rings is 1. The monoisotopic (exact) mass is 253 g/mol.